The number of carbonyl (C=O) groups is 13. The van der Waals surface area contributed by atoms with Gasteiger partial charge < -0.3 is 81.5 Å². The highest BCUT2D eigenvalue weighted by atomic mass is 35.5. The molecule has 9 unspecified atom stereocenters. The van der Waals surface area contributed by atoms with Crippen LogP contribution in [0.3, 0.4) is 0 Å². The number of methoxy groups -OCH3 is 3. The topological polar surface area (TPSA) is 425 Å². The van der Waals surface area contributed by atoms with Crippen LogP contribution in [-0.4, -0.2) is 225 Å². The monoisotopic (exact) mass is 1600 g/mol. The van der Waals surface area contributed by atoms with Crippen molar-refractivity contribution in [2.75, 3.05) is 68.7 Å². The lowest BCUT2D eigenvalue weighted by atomic mass is 9.80. The molecule has 4 heterocycles. The van der Waals surface area contributed by atoms with Gasteiger partial charge >= 0.3 is 36.1 Å². The number of likely N-dealkylation sites (N-methyl/N-ethyl adjacent to an activating group) is 1. The molecule has 33 heteroatoms. The van der Waals surface area contributed by atoms with E-state index in [4.69, 9.17) is 24.7 Å². The molecule has 628 valence electrons. The molecule has 11 amide bonds. The van der Waals surface area contributed by atoms with Crippen LogP contribution in [0.4, 0.5) is 20.1 Å². The lowest BCUT2D eigenvalue weighted by Gasteiger charge is -2.38. The first-order chi connectivity index (χ1) is 51.0. The smallest absolute Gasteiger partial charge is 0.413 e. The van der Waals surface area contributed by atoms with Crippen LogP contribution in [0.1, 0.15) is 164 Å². The van der Waals surface area contributed by atoms with E-state index in [0.717, 1.165) is 19.3 Å². The van der Waals surface area contributed by atoms with Crippen molar-refractivity contribution in [1.82, 2.24) is 56.8 Å². The Hall–Kier alpha value is -8.42. The van der Waals surface area contributed by atoms with Gasteiger partial charge in [0.1, 0.15) is 48.0 Å². The largest absolute Gasteiger partial charge is 0.467 e. The summed E-state index contributed by atoms with van der Waals surface area (Å²) in [5.41, 5.74) is 3.86. The second-order valence-corrected chi connectivity index (χ2v) is 38.1. The van der Waals surface area contributed by atoms with E-state index in [1.807, 2.05) is 62.3 Å². The summed E-state index contributed by atoms with van der Waals surface area (Å²) in [4.78, 5) is 181. The Labute approximate surface area is 665 Å². The fraction of sp³-hybridized carbons (Fsp3) is 0.759. The van der Waals surface area contributed by atoms with Gasteiger partial charge in [0.15, 0.2) is 0 Å². The summed E-state index contributed by atoms with van der Waals surface area (Å²) >= 11 is 0. The van der Waals surface area contributed by atoms with E-state index in [9.17, 15) is 72.4 Å². The van der Waals surface area contributed by atoms with E-state index in [-0.39, 0.29) is 122 Å². The minimum absolute atomic E-state index is 0. The Morgan fingerprint density at radius 3 is 1.10 bits per heavy atom. The van der Waals surface area contributed by atoms with Crippen molar-refractivity contribution in [1.29, 1.82) is 0 Å². The molecular formula is C79H126ClN13O19. The number of nitro groups is 1. The molecule has 4 saturated heterocycles. The van der Waals surface area contributed by atoms with Gasteiger partial charge in [-0.15, -0.1) is 12.4 Å². The summed E-state index contributed by atoms with van der Waals surface area (Å²) in [5, 5.41) is 29.0. The second kappa shape index (κ2) is 33.9. The quantitative estimate of drug-likeness (QED) is 0.0275. The Morgan fingerprint density at radius 1 is 0.491 bits per heavy atom. The van der Waals surface area contributed by atoms with Gasteiger partial charge in [-0.05, 0) is 97.4 Å². The SMILES string of the molecule is CNC(=O)N[C@H](C(=O)N1CC2C([C@H]1C(=O)NC(CC1CCC1)C(=O)C(=O)NC)C2(C)C)C(C)(C)C.CNC(=O)N[C@H](C(=O)N1CC2C([C@H]1C(=O)OC)C2(C)C)C(C)(C)C.COC(=O)[C@@H]1C2C(CN1C(=O)[C@@H](N)C(C)(C)C)C2(C)C.COC(=O)[C@@H]1C2C(CN1C(=O)[C@@H](NC(=O)Oc1ccc([N+](=O)[O-])cc1)C(C)(C)C)C2(C)C.Cl. The van der Waals surface area contributed by atoms with Gasteiger partial charge in [-0.25, -0.2) is 28.8 Å². The maximum Gasteiger partial charge on any atom is 0.413 e. The number of piperidine rings is 4. The molecule has 5 saturated carbocycles. The third kappa shape index (κ3) is 19.2. The van der Waals surface area contributed by atoms with E-state index in [1.165, 1.54) is 71.6 Å². The molecule has 112 heavy (non-hydrogen) atoms. The number of nitrogens with zero attached hydrogens (tertiary/aromatic N) is 5. The molecule has 1 aromatic carbocycles. The third-order valence-corrected chi connectivity index (χ3v) is 25.5. The first-order valence-corrected chi connectivity index (χ1v) is 38.5. The van der Waals surface area contributed by atoms with E-state index in [1.54, 1.807) is 35.5 Å². The highest BCUT2D eigenvalue weighted by Gasteiger charge is 2.74. The molecule has 9 fully saturated rings. The summed E-state index contributed by atoms with van der Waals surface area (Å²) in [7, 11) is 8.40. The molecule has 5 aliphatic carbocycles. The van der Waals surface area contributed by atoms with Crippen LogP contribution in [0.15, 0.2) is 24.3 Å². The Kier molecular flexibility index (Phi) is 28.0. The van der Waals surface area contributed by atoms with Crippen LogP contribution in [-0.2, 0) is 62.2 Å². The number of likely N-dealkylation sites (tertiary alicyclic amines) is 4. The number of rotatable bonds is 18. The Morgan fingerprint density at radius 2 is 0.812 bits per heavy atom. The number of fused-ring (bicyclic) bond motifs is 4. The molecule has 0 aromatic heterocycles. The Bertz CT molecular complexity index is 3760. The van der Waals surface area contributed by atoms with Crippen LogP contribution in [0.5, 0.6) is 5.75 Å². The number of hydrogen-bond donors (Lipinski definition) is 8. The van der Waals surface area contributed by atoms with Gasteiger partial charge in [0.05, 0.1) is 38.3 Å². The standard InChI is InChI=1S/C25H41N5O5.C22H29N3O7.C17H29N3O4.C15H26N2O3.ClH/c1-24(2,3)19(29-23(35)27-7)22(34)30-12-14-16(25(14,4)5)17(30)20(32)28-15(11-13-9-8-10-13)18(31)21(33)26-6;1-21(2,3)17(23-20(28)32-13-9-7-12(8-10-13)25(29)30)18(26)24-11-14-15(22(14,4)5)16(24)19(27)31-6;1-16(2,3)12(19-15(23)18-6)13(21)20-8-9-10(17(9,4)5)11(20)14(22)24-7;1-14(2,3)11(16)12(18)17-7-8-9(15(8,4)5)10(17)13(19)20-6;/h13-17,19H,8-12H2,1-7H3,(H,26,33)(H,28,32)(H2,27,29,35);7-10,14-17H,11H2,1-6H3,(H,23,28);9-12H,8H2,1-7H3,(H2,18,19,23);8-11H,7,16H2,1-6H3;1H/t14?,15?,16?,17-,19+;14?,15?,16-,17+;9?,10?,11-,12+;8?,9?,10-,11+;/m0000./s1. The fourth-order valence-corrected chi connectivity index (χ4v) is 17.6. The van der Waals surface area contributed by atoms with Crippen molar-refractivity contribution in [2.45, 2.75) is 219 Å². The molecule has 10 rings (SSSR count). The number of urea groups is 2. The predicted octanol–water partition coefficient (Wildman–Crippen LogP) is 5.98. The van der Waals surface area contributed by atoms with Crippen LogP contribution < -0.4 is 47.7 Å². The lowest BCUT2D eigenvalue weighted by molar-refractivity contribution is -0.384. The Balaban J connectivity index is 0.000000237. The van der Waals surface area contributed by atoms with Gasteiger partial charge in [0.25, 0.3) is 11.6 Å². The fourth-order valence-electron chi connectivity index (χ4n) is 17.6. The van der Waals surface area contributed by atoms with Crippen molar-refractivity contribution in [3.05, 3.63) is 34.4 Å². The molecule has 17 atom stereocenters. The van der Waals surface area contributed by atoms with Crippen molar-refractivity contribution in [3.8, 4) is 5.75 Å². The zero-order valence-electron chi connectivity index (χ0n) is 70.3. The maximum absolute atomic E-state index is 13.7. The maximum atomic E-state index is 13.7. The third-order valence-electron chi connectivity index (χ3n) is 25.5. The molecule has 0 radical (unpaired) electrons. The van der Waals surface area contributed by atoms with Crippen LogP contribution in [0.2, 0.25) is 0 Å². The van der Waals surface area contributed by atoms with Crippen molar-refractivity contribution in [2.24, 2.45) is 102 Å². The number of nitrogens with one attached hydrogen (secondary N) is 7. The number of benzene rings is 1. The minimum Gasteiger partial charge on any atom is -0.467 e. The zero-order chi connectivity index (χ0) is 84.2. The predicted molar refractivity (Wildman–Crippen MR) is 416 cm³/mol. The molecule has 4 aliphatic heterocycles. The number of amides is 11. The van der Waals surface area contributed by atoms with E-state index in [0.29, 0.717) is 50.4 Å². The van der Waals surface area contributed by atoms with Gasteiger partial charge in [-0.1, -0.05) is 158 Å². The number of halogens is 1. The van der Waals surface area contributed by atoms with Crippen molar-refractivity contribution in [3.63, 3.8) is 0 Å². The van der Waals surface area contributed by atoms with Crippen LogP contribution in [0, 0.1) is 107 Å². The van der Waals surface area contributed by atoms with Gasteiger partial charge in [-0.2, -0.15) is 0 Å². The summed E-state index contributed by atoms with van der Waals surface area (Å²) < 4.78 is 20.0. The van der Waals surface area contributed by atoms with Gasteiger partial charge in [0, 0.05) is 77.2 Å². The number of carbonyl (C=O) groups excluding carboxylic acids is 13. The lowest BCUT2D eigenvalue weighted by Crippen LogP contribution is -2.61. The van der Waals surface area contributed by atoms with Crippen LogP contribution in [0.25, 0.3) is 0 Å². The molecule has 1 aromatic rings. The summed E-state index contributed by atoms with van der Waals surface area (Å²) in [6, 6.07) is -2.38. The van der Waals surface area contributed by atoms with Gasteiger partial charge in [0.2, 0.25) is 35.3 Å². The van der Waals surface area contributed by atoms with E-state index < -0.39 is 117 Å². The number of ketones is 1. The minimum atomic E-state index is -0.958. The number of esters is 3. The van der Waals surface area contributed by atoms with E-state index >= 15 is 0 Å². The summed E-state index contributed by atoms with van der Waals surface area (Å²) in [6.07, 6.45) is 2.56. The number of Topliss-reactive ketones (excluding diaryl/α,β-unsaturated/α-hetero) is 1. The molecule has 0 bridgehead atoms. The van der Waals surface area contributed by atoms with Gasteiger partial charge in [-0.3, -0.25) is 43.7 Å². The summed E-state index contributed by atoms with van der Waals surface area (Å²) in [5.74, 6) is -2.33. The number of nitro benzene ring substituents is 1. The number of non-ortho nitro benzene ring substituents is 1. The second-order valence-electron chi connectivity index (χ2n) is 38.1. The number of nitrogens with two attached hydrogens (primary N) is 1. The molecule has 32 nitrogen and oxygen atoms in total. The highest BCUT2D eigenvalue weighted by molar-refractivity contribution is 6.38. The van der Waals surface area contributed by atoms with Crippen LogP contribution >= 0.6 is 12.4 Å². The average Bonchev–Trinajstić information content (AvgIpc) is 1.55. The molecular weight excluding hydrogens is 1470 g/mol. The summed E-state index contributed by atoms with van der Waals surface area (Å²) in [6.45, 7) is 41.2. The first-order valence-electron chi connectivity index (χ1n) is 38.5. The molecule has 9 aliphatic rings. The van der Waals surface area contributed by atoms with E-state index in [2.05, 4.69) is 92.6 Å². The van der Waals surface area contributed by atoms with Crippen molar-refractivity contribution < 1.29 is 86.2 Å². The molecule has 9 N–H and O–H groups in total. The van der Waals surface area contributed by atoms with Crippen molar-refractivity contribution >= 4 is 95.4 Å². The normalized spacial score (nSPS) is 27.1. The number of hydrogen-bond acceptors (Lipinski definition) is 20. The zero-order valence-corrected chi connectivity index (χ0v) is 71.2. The molecule has 0 spiro atoms. The number of ether oxygens (including phenoxy) is 4. The first kappa shape index (κ1) is 92.4. The highest BCUT2D eigenvalue weighted by Crippen LogP contribution is 2.68. The average molecular weight is 1600 g/mol.